The summed E-state index contributed by atoms with van der Waals surface area (Å²) in [5.41, 5.74) is 0. The van der Waals surface area contributed by atoms with Crippen molar-refractivity contribution in [3.8, 4) is 0 Å². The maximum Gasteiger partial charge on any atom is 0.0524 e. The molecule has 0 heterocycles. The Morgan fingerprint density at radius 3 is 2.77 bits per heavy atom. The van der Waals surface area contributed by atoms with E-state index in [2.05, 4.69) is 5.32 Å². The Balaban J connectivity index is 1.66. The van der Waals surface area contributed by atoms with Crippen molar-refractivity contribution in [1.82, 2.24) is 5.32 Å². The van der Waals surface area contributed by atoms with E-state index in [0.717, 1.165) is 30.8 Å². The van der Waals surface area contributed by atoms with Crippen LogP contribution < -0.4 is 5.32 Å². The Morgan fingerprint density at radius 1 is 1.38 bits per heavy atom. The zero-order chi connectivity index (χ0) is 9.26. The van der Waals surface area contributed by atoms with Crippen LogP contribution in [0.4, 0.5) is 0 Å². The van der Waals surface area contributed by atoms with E-state index in [1.807, 2.05) is 6.92 Å². The molecular weight excluding hydrogens is 162 g/mol. The molecule has 0 unspecified atom stereocenters. The second kappa shape index (κ2) is 3.97. The van der Waals surface area contributed by atoms with E-state index in [1.54, 1.807) is 0 Å². The summed E-state index contributed by atoms with van der Waals surface area (Å²) in [6.07, 6.45) is 6.52. The largest absolute Gasteiger partial charge is 0.393 e. The van der Waals surface area contributed by atoms with Crippen LogP contribution in [0.15, 0.2) is 0 Å². The van der Waals surface area contributed by atoms with Gasteiger partial charge in [-0.2, -0.15) is 0 Å². The molecule has 0 aromatic rings. The molecule has 0 aromatic heterocycles. The van der Waals surface area contributed by atoms with E-state index < -0.39 is 0 Å². The quantitative estimate of drug-likeness (QED) is 0.693. The normalized spacial score (nSPS) is 39.7. The molecule has 2 aliphatic rings. The highest BCUT2D eigenvalue weighted by Gasteiger charge is 2.38. The topological polar surface area (TPSA) is 32.3 Å². The van der Waals surface area contributed by atoms with Crippen molar-refractivity contribution < 1.29 is 5.11 Å². The fraction of sp³-hybridized carbons (Fsp3) is 1.00. The van der Waals surface area contributed by atoms with E-state index in [0.29, 0.717) is 0 Å². The maximum absolute atomic E-state index is 9.12. The van der Waals surface area contributed by atoms with E-state index in [9.17, 15) is 0 Å². The molecule has 2 heteroatoms. The SMILES string of the molecule is C[C@H](O)CCN[C@@H]1C[C@@H]2CC[C@@H]1C2. The van der Waals surface area contributed by atoms with Crippen LogP contribution in [0, 0.1) is 11.8 Å². The van der Waals surface area contributed by atoms with Gasteiger partial charge in [0.1, 0.15) is 0 Å². The van der Waals surface area contributed by atoms with Crippen LogP contribution in [-0.2, 0) is 0 Å². The standard InChI is InChI=1S/C11H21NO/c1-8(13)4-5-12-11-7-9-2-3-10(11)6-9/h8-13H,2-7H2,1H3/t8-,9+,10+,11+/m0/s1. The summed E-state index contributed by atoms with van der Waals surface area (Å²) in [6, 6.07) is 0.775. The molecule has 0 aliphatic heterocycles. The number of fused-ring (bicyclic) bond motifs is 2. The average Bonchev–Trinajstić information content (AvgIpc) is 2.64. The van der Waals surface area contributed by atoms with Gasteiger partial charge in [0, 0.05) is 6.04 Å². The minimum absolute atomic E-state index is 0.147. The molecule has 0 amide bonds. The molecule has 13 heavy (non-hydrogen) atoms. The number of hydrogen-bond donors (Lipinski definition) is 2. The van der Waals surface area contributed by atoms with Crippen molar-refractivity contribution in [3.05, 3.63) is 0 Å². The Hall–Kier alpha value is -0.0800. The van der Waals surface area contributed by atoms with Crippen molar-refractivity contribution in [3.63, 3.8) is 0 Å². The number of hydrogen-bond acceptors (Lipinski definition) is 2. The van der Waals surface area contributed by atoms with Gasteiger partial charge >= 0.3 is 0 Å². The first kappa shape index (κ1) is 9.47. The lowest BCUT2D eigenvalue weighted by molar-refractivity contribution is 0.180. The highest BCUT2D eigenvalue weighted by molar-refractivity contribution is 4.93. The predicted molar refractivity (Wildman–Crippen MR) is 53.5 cm³/mol. The molecule has 2 saturated carbocycles. The molecule has 2 fully saturated rings. The third-order valence-electron chi connectivity index (χ3n) is 3.71. The number of aliphatic hydroxyl groups excluding tert-OH is 1. The van der Waals surface area contributed by atoms with Crippen LogP contribution in [0.5, 0.6) is 0 Å². The Labute approximate surface area is 80.7 Å². The molecule has 2 rings (SSSR count). The average molecular weight is 183 g/mol. The summed E-state index contributed by atoms with van der Waals surface area (Å²) < 4.78 is 0. The molecule has 76 valence electrons. The third-order valence-corrected chi connectivity index (χ3v) is 3.71. The second-order valence-electron chi connectivity index (χ2n) is 4.87. The van der Waals surface area contributed by atoms with Gasteiger partial charge in [-0.3, -0.25) is 0 Å². The summed E-state index contributed by atoms with van der Waals surface area (Å²) in [4.78, 5) is 0. The van der Waals surface area contributed by atoms with E-state index in [-0.39, 0.29) is 6.10 Å². The number of nitrogens with one attached hydrogen (secondary N) is 1. The summed E-state index contributed by atoms with van der Waals surface area (Å²) in [7, 11) is 0. The zero-order valence-electron chi connectivity index (χ0n) is 8.50. The van der Waals surface area contributed by atoms with Gasteiger partial charge in [-0.25, -0.2) is 0 Å². The smallest absolute Gasteiger partial charge is 0.0524 e. The van der Waals surface area contributed by atoms with Crippen molar-refractivity contribution in [1.29, 1.82) is 0 Å². The summed E-state index contributed by atoms with van der Waals surface area (Å²) in [5, 5.41) is 12.7. The summed E-state index contributed by atoms with van der Waals surface area (Å²) in [6.45, 7) is 2.86. The first-order valence-corrected chi connectivity index (χ1v) is 5.67. The summed E-state index contributed by atoms with van der Waals surface area (Å²) in [5.74, 6) is 1.98. The van der Waals surface area contributed by atoms with Crippen molar-refractivity contribution in [2.24, 2.45) is 11.8 Å². The van der Waals surface area contributed by atoms with Gasteiger partial charge in [0.25, 0.3) is 0 Å². The molecule has 0 saturated heterocycles. The van der Waals surface area contributed by atoms with Crippen LogP contribution in [0.3, 0.4) is 0 Å². The van der Waals surface area contributed by atoms with Gasteiger partial charge in [0.05, 0.1) is 6.10 Å². The maximum atomic E-state index is 9.12. The van der Waals surface area contributed by atoms with Gasteiger partial charge in [-0.15, -0.1) is 0 Å². The van der Waals surface area contributed by atoms with Crippen molar-refractivity contribution in [2.75, 3.05) is 6.54 Å². The number of rotatable bonds is 4. The van der Waals surface area contributed by atoms with Crippen LogP contribution in [0.25, 0.3) is 0 Å². The van der Waals surface area contributed by atoms with Gasteiger partial charge in [0.2, 0.25) is 0 Å². The third kappa shape index (κ3) is 2.23. The van der Waals surface area contributed by atoms with Crippen LogP contribution in [0.1, 0.15) is 39.0 Å². The Morgan fingerprint density at radius 2 is 2.23 bits per heavy atom. The van der Waals surface area contributed by atoms with Crippen LogP contribution in [-0.4, -0.2) is 23.8 Å². The minimum atomic E-state index is -0.147. The lowest BCUT2D eigenvalue weighted by Gasteiger charge is -2.23. The molecule has 0 spiro atoms. The van der Waals surface area contributed by atoms with Gasteiger partial charge in [0.15, 0.2) is 0 Å². The first-order valence-electron chi connectivity index (χ1n) is 5.67. The molecule has 2 bridgehead atoms. The van der Waals surface area contributed by atoms with Crippen LogP contribution in [0.2, 0.25) is 0 Å². The predicted octanol–water partition coefficient (Wildman–Crippen LogP) is 1.54. The van der Waals surface area contributed by atoms with Crippen molar-refractivity contribution in [2.45, 2.75) is 51.2 Å². The monoisotopic (exact) mass is 183 g/mol. The highest BCUT2D eigenvalue weighted by atomic mass is 16.3. The summed E-state index contributed by atoms with van der Waals surface area (Å²) >= 11 is 0. The van der Waals surface area contributed by atoms with Gasteiger partial charge in [-0.1, -0.05) is 6.42 Å². The molecule has 2 N–H and O–H groups in total. The van der Waals surface area contributed by atoms with Gasteiger partial charge in [-0.05, 0) is 51.0 Å². The molecule has 2 nitrogen and oxygen atoms in total. The molecule has 0 aromatic carbocycles. The molecule has 0 radical (unpaired) electrons. The van der Waals surface area contributed by atoms with Gasteiger partial charge < -0.3 is 10.4 Å². The highest BCUT2D eigenvalue weighted by Crippen LogP contribution is 2.44. The van der Waals surface area contributed by atoms with Crippen molar-refractivity contribution >= 4 is 0 Å². The molecular formula is C11H21NO. The number of aliphatic hydroxyl groups is 1. The Bertz CT molecular complexity index is 169. The van der Waals surface area contributed by atoms with E-state index in [4.69, 9.17) is 5.11 Å². The van der Waals surface area contributed by atoms with Crippen LogP contribution >= 0.6 is 0 Å². The second-order valence-corrected chi connectivity index (χ2v) is 4.87. The molecule has 2 aliphatic carbocycles. The molecule has 4 atom stereocenters. The van der Waals surface area contributed by atoms with E-state index in [1.165, 1.54) is 25.7 Å². The fourth-order valence-electron chi connectivity index (χ4n) is 2.97. The van der Waals surface area contributed by atoms with E-state index >= 15 is 0 Å². The first-order chi connectivity index (χ1) is 6.25. The fourth-order valence-corrected chi connectivity index (χ4v) is 2.97. The lowest BCUT2D eigenvalue weighted by atomic mass is 9.95. The minimum Gasteiger partial charge on any atom is -0.393 e. The Kier molecular flexibility index (Phi) is 2.89. The zero-order valence-corrected chi connectivity index (χ0v) is 8.50. The lowest BCUT2D eigenvalue weighted by Crippen LogP contribution is -2.35.